The van der Waals surface area contributed by atoms with Crippen LogP contribution in [0.15, 0.2) is 73.3 Å². The molecule has 4 unspecified atom stereocenters. The Labute approximate surface area is 268 Å². The van der Waals surface area contributed by atoms with Crippen LogP contribution in [0.5, 0.6) is 5.88 Å². The fourth-order valence-corrected chi connectivity index (χ4v) is 7.21. The molecule has 2 heterocycles. The molecule has 11 nitrogen and oxygen atoms in total. The number of pyridine rings is 1. The van der Waals surface area contributed by atoms with Gasteiger partial charge in [0.2, 0.25) is 21.8 Å². The predicted molar refractivity (Wildman–Crippen MR) is 172 cm³/mol. The first-order valence-corrected chi connectivity index (χ1v) is 17.0. The zero-order chi connectivity index (χ0) is 32.9. The molecule has 46 heavy (non-hydrogen) atoms. The van der Waals surface area contributed by atoms with Gasteiger partial charge < -0.3 is 14.8 Å². The smallest absolute Gasteiger partial charge is 0.411 e. The molecule has 12 heteroatoms. The van der Waals surface area contributed by atoms with Crippen molar-refractivity contribution in [3.05, 3.63) is 73.3 Å². The molecule has 1 aromatic heterocycles. The minimum atomic E-state index is -3.84. The first-order valence-electron chi connectivity index (χ1n) is 15.4. The van der Waals surface area contributed by atoms with Crippen molar-refractivity contribution in [2.45, 2.75) is 75.0 Å². The zero-order valence-electron chi connectivity index (χ0n) is 26.1. The first kappa shape index (κ1) is 31.5. The van der Waals surface area contributed by atoms with Gasteiger partial charge in [-0.3, -0.25) is 19.2 Å². The summed E-state index contributed by atoms with van der Waals surface area (Å²) in [6, 6.07) is 18.3. The summed E-state index contributed by atoms with van der Waals surface area (Å²) in [4.78, 5) is 46.7. The molecule has 3 amide bonds. The van der Waals surface area contributed by atoms with E-state index in [4.69, 9.17) is 14.5 Å². The Bertz CT molecular complexity index is 1800. The van der Waals surface area contributed by atoms with Gasteiger partial charge >= 0.3 is 6.09 Å². The van der Waals surface area contributed by atoms with E-state index in [9.17, 15) is 22.8 Å². The SMILES string of the molecule is C=CC1CC1(NC(=O)C1CC(Oc2nc(-c3ccccc3)cc3ccccc23)CN1C(=O)OC(C)(C)C)C(=O)NS(=O)(=O)C1CC1. The molecule has 2 aliphatic carbocycles. The summed E-state index contributed by atoms with van der Waals surface area (Å²) in [5, 5.41) is 3.86. The van der Waals surface area contributed by atoms with Crippen LogP contribution in [-0.2, 0) is 24.3 Å². The normalized spacial score (nSPS) is 24.2. The summed E-state index contributed by atoms with van der Waals surface area (Å²) in [6.07, 6.45) is 1.43. The quantitative estimate of drug-likeness (QED) is 0.327. The molecular formula is C34H38N4O7S. The number of hydrogen-bond donors (Lipinski definition) is 2. The zero-order valence-corrected chi connectivity index (χ0v) is 26.9. The van der Waals surface area contributed by atoms with E-state index in [1.165, 1.54) is 11.0 Å². The largest absolute Gasteiger partial charge is 0.472 e. The second-order valence-corrected chi connectivity index (χ2v) is 15.2. The van der Waals surface area contributed by atoms with Crippen molar-refractivity contribution in [2.75, 3.05) is 6.54 Å². The van der Waals surface area contributed by atoms with Gasteiger partial charge in [-0.1, -0.05) is 54.6 Å². The number of fused-ring (bicyclic) bond motifs is 1. The lowest BCUT2D eigenvalue weighted by molar-refractivity contribution is -0.131. The average Bonchev–Trinajstić information content (AvgIpc) is 3.93. The molecule has 0 radical (unpaired) electrons. The molecule has 3 fully saturated rings. The van der Waals surface area contributed by atoms with Crippen LogP contribution in [0.25, 0.3) is 22.0 Å². The van der Waals surface area contributed by atoms with Crippen LogP contribution in [0.4, 0.5) is 4.79 Å². The molecule has 3 aliphatic rings. The summed E-state index contributed by atoms with van der Waals surface area (Å²) in [5.74, 6) is -1.52. The van der Waals surface area contributed by atoms with Gasteiger partial charge in [0.15, 0.2) is 0 Å². The van der Waals surface area contributed by atoms with E-state index in [0.717, 1.165) is 16.3 Å². The number of rotatable bonds is 9. The standard InChI is InChI=1S/C34H38N4O7S/c1-5-23-19-34(23,31(40)37-46(42,43)25-15-16-25)36-29(39)28-18-24(20-38(28)32(41)45-33(2,3)4)44-30-26-14-10-9-13-22(26)17-27(35-30)21-11-7-6-8-12-21/h5-14,17,23-25,28H,1,15-16,18-20H2,2-4H3,(H,36,39)(H,37,40). The minimum Gasteiger partial charge on any atom is -0.472 e. The van der Waals surface area contributed by atoms with Crippen LogP contribution in [0.3, 0.4) is 0 Å². The Morgan fingerprint density at radius 2 is 1.76 bits per heavy atom. The summed E-state index contributed by atoms with van der Waals surface area (Å²) >= 11 is 0. The maximum Gasteiger partial charge on any atom is 0.411 e. The minimum absolute atomic E-state index is 0.0265. The molecule has 3 aromatic rings. The third kappa shape index (κ3) is 6.44. The molecule has 0 bridgehead atoms. The van der Waals surface area contributed by atoms with Crippen LogP contribution >= 0.6 is 0 Å². The number of benzene rings is 2. The molecule has 2 saturated carbocycles. The van der Waals surface area contributed by atoms with Gasteiger partial charge in [0, 0.05) is 23.3 Å². The van der Waals surface area contributed by atoms with Crippen molar-refractivity contribution in [1.82, 2.24) is 19.9 Å². The molecular weight excluding hydrogens is 608 g/mol. The number of carbonyl (C=O) groups is 3. The van der Waals surface area contributed by atoms with Crippen LogP contribution in [-0.4, -0.2) is 71.3 Å². The first-order chi connectivity index (χ1) is 21.8. The Balaban J connectivity index is 1.27. The van der Waals surface area contributed by atoms with Crippen molar-refractivity contribution in [3.63, 3.8) is 0 Å². The molecule has 1 saturated heterocycles. The van der Waals surface area contributed by atoms with E-state index in [2.05, 4.69) is 16.6 Å². The summed E-state index contributed by atoms with van der Waals surface area (Å²) in [6.45, 7) is 8.97. The molecule has 2 N–H and O–H groups in total. The third-order valence-electron chi connectivity index (χ3n) is 8.50. The molecule has 2 aromatic carbocycles. The fourth-order valence-electron chi connectivity index (χ4n) is 5.84. The van der Waals surface area contributed by atoms with E-state index >= 15 is 0 Å². The number of ether oxygens (including phenoxy) is 2. The van der Waals surface area contributed by atoms with Gasteiger partial charge in [0.25, 0.3) is 5.91 Å². The maximum absolute atomic E-state index is 13.9. The highest BCUT2D eigenvalue weighted by molar-refractivity contribution is 7.91. The number of sulfonamides is 1. The van der Waals surface area contributed by atoms with E-state index in [1.54, 1.807) is 20.8 Å². The van der Waals surface area contributed by atoms with Crippen molar-refractivity contribution in [2.24, 2.45) is 5.92 Å². The van der Waals surface area contributed by atoms with Gasteiger partial charge in [0.05, 0.1) is 17.5 Å². The van der Waals surface area contributed by atoms with Crippen molar-refractivity contribution in [1.29, 1.82) is 0 Å². The summed E-state index contributed by atoms with van der Waals surface area (Å²) in [7, 11) is -3.84. The third-order valence-corrected chi connectivity index (χ3v) is 10.3. The summed E-state index contributed by atoms with van der Waals surface area (Å²) < 4.78 is 39.4. The van der Waals surface area contributed by atoms with E-state index in [1.807, 2.05) is 60.7 Å². The van der Waals surface area contributed by atoms with Gasteiger partial charge in [0.1, 0.15) is 23.3 Å². The van der Waals surface area contributed by atoms with Gasteiger partial charge in [-0.25, -0.2) is 18.2 Å². The van der Waals surface area contributed by atoms with E-state index in [-0.39, 0.29) is 19.4 Å². The molecule has 0 spiro atoms. The molecule has 4 atom stereocenters. The van der Waals surface area contributed by atoms with Crippen LogP contribution in [0, 0.1) is 5.92 Å². The number of hydrogen-bond acceptors (Lipinski definition) is 8. The Kier molecular flexibility index (Phi) is 8.04. The Hall–Kier alpha value is -4.45. The lowest BCUT2D eigenvalue weighted by Gasteiger charge is -2.29. The second-order valence-electron chi connectivity index (χ2n) is 13.2. The van der Waals surface area contributed by atoms with Gasteiger partial charge in [-0.2, -0.15) is 0 Å². The maximum atomic E-state index is 13.9. The lowest BCUT2D eigenvalue weighted by Crippen LogP contribution is -2.56. The van der Waals surface area contributed by atoms with Crippen molar-refractivity contribution in [3.8, 4) is 17.1 Å². The average molecular weight is 647 g/mol. The molecule has 242 valence electrons. The van der Waals surface area contributed by atoms with Crippen molar-refractivity contribution >= 4 is 38.7 Å². The van der Waals surface area contributed by atoms with Gasteiger partial charge in [-0.15, -0.1) is 6.58 Å². The number of nitrogens with one attached hydrogen (secondary N) is 2. The Morgan fingerprint density at radius 3 is 2.41 bits per heavy atom. The highest BCUT2D eigenvalue weighted by Gasteiger charge is 2.62. The number of amides is 3. The highest BCUT2D eigenvalue weighted by atomic mass is 32.2. The topological polar surface area (TPSA) is 144 Å². The molecule has 6 rings (SSSR count). The predicted octanol–water partition coefficient (Wildman–Crippen LogP) is 4.33. The summed E-state index contributed by atoms with van der Waals surface area (Å²) in [5.41, 5.74) is -0.697. The van der Waals surface area contributed by atoms with Crippen LogP contribution < -0.4 is 14.8 Å². The van der Waals surface area contributed by atoms with Crippen molar-refractivity contribution < 1.29 is 32.3 Å². The second kappa shape index (κ2) is 11.7. The van der Waals surface area contributed by atoms with Crippen LogP contribution in [0.1, 0.15) is 46.5 Å². The number of nitrogens with zero attached hydrogens (tertiary/aromatic N) is 2. The molecule has 1 aliphatic heterocycles. The highest BCUT2D eigenvalue weighted by Crippen LogP contribution is 2.45. The van der Waals surface area contributed by atoms with E-state index < -0.39 is 62.4 Å². The monoisotopic (exact) mass is 646 g/mol. The fraction of sp³-hybridized carbons (Fsp3) is 0.412. The van der Waals surface area contributed by atoms with Crippen LogP contribution in [0.2, 0.25) is 0 Å². The number of aromatic nitrogens is 1. The van der Waals surface area contributed by atoms with E-state index in [0.29, 0.717) is 24.4 Å². The van der Waals surface area contributed by atoms with Gasteiger partial charge in [-0.05, 0) is 57.6 Å². The number of carbonyl (C=O) groups excluding carboxylic acids is 3. The Morgan fingerprint density at radius 1 is 1.07 bits per heavy atom. The lowest BCUT2D eigenvalue weighted by atomic mass is 10.1. The number of likely N-dealkylation sites (tertiary alicyclic amines) is 1.